The topological polar surface area (TPSA) is 146 Å². The number of hydrogen-bond donors (Lipinski definition) is 3. The zero-order valence-corrected chi connectivity index (χ0v) is 34.1. The molecule has 7 rings (SSSR count). The normalized spacial score (nSPS) is 10.8. The molecule has 280 valence electrons. The molecule has 4 N–H and O–H groups in total. The predicted molar refractivity (Wildman–Crippen MR) is 225 cm³/mol. The fourth-order valence-corrected chi connectivity index (χ4v) is 6.80. The Morgan fingerprint density at radius 3 is 1.75 bits per heavy atom. The predicted octanol–water partition coefficient (Wildman–Crippen LogP) is 9.56. The Balaban J connectivity index is 0.000000187. The highest BCUT2D eigenvalue weighted by Crippen LogP contribution is 2.44. The standard InChI is InChI=1S/C21H20BrN3O3.C21H18BrN3O2/c1-12-10-14(11-25(3)21(12)27)15-8-9-17(24-13(2)26)19(23)20(15)28-18-7-5-4-6-16(18)22;1-12-10-14(11-25(3)21(12)26)15-8-9-17-19(24-13(2)23-17)20(15)27-18-7-5-4-6-16(18)22/h4-11H,23H2,1-3H3,(H,24,26);4-11H,1-3H3,(H,23,24). The van der Waals surface area contributed by atoms with Gasteiger partial charge >= 0.3 is 0 Å². The quantitative estimate of drug-likeness (QED) is 0.135. The lowest BCUT2D eigenvalue weighted by Crippen LogP contribution is -2.18. The van der Waals surface area contributed by atoms with Crippen molar-refractivity contribution in [3.63, 3.8) is 0 Å². The number of aromatic amines is 1. The summed E-state index contributed by atoms with van der Waals surface area (Å²) in [6.07, 6.45) is 3.55. The van der Waals surface area contributed by atoms with Crippen molar-refractivity contribution in [2.24, 2.45) is 14.1 Å². The molecule has 0 spiro atoms. The number of pyridine rings is 2. The average Bonchev–Trinajstić information content (AvgIpc) is 3.53. The Labute approximate surface area is 334 Å². The maximum atomic E-state index is 12.1. The molecule has 3 aromatic heterocycles. The number of nitrogens with zero attached hydrogens (tertiary/aromatic N) is 3. The Morgan fingerprint density at radius 2 is 1.24 bits per heavy atom. The van der Waals surface area contributed by atoms with Gasteiger partial charge in [-0.15, -0.1) is 0 Å². The molecule has 0 bridgehead atoms. The van der Waals surface area contributed by atoms with Gasteiger partial charge in [0.05, 0.1) is 25.8 Å². The van der Waals surface area contributed by atoms with E-state index in [4.69, 9.17) is 15.2 Å². The molecule has 3 heterocycles. The molecule has 4 aromatic carbocycles. The van der Waals surface area contributed by atoms with Crippen LogP contribution in [0.4, 0.5) is 11.4 Å². The van der Waals surface area contributed by atoms with Crippen molar-refractivity contribution < 1.29 is 14.3 Å². The number of amides is 1. The number of para-hydroxylation sites is 2. The van der Waals surface area contributed by atoms with Crippen molar-refractivity contribution >= 4 is 60.2 Å². The van der Waals surface area contributed by atoms with E-state index >= 15 is 0 Å². The maximum Gasteiger partial charge on any atom is 0.253 e. The number of aromatic nitrogens is 4. The number of imidazole rings is 1. The highest BCUT2D eigenvalue weighted by molar-refractivity contribution is 9.10. The molecular weight excluding hydrogens is 828 g/mol. The first kappa shape index (κ1) is 38.8. The zero-order chi connectivity index (χ0) is 39.6. The van der Waals surface area contributed by atoms with Crippen molar-refractivity contribution in [2.75, 3.05) is 11.1 Å². The number of ether oxygens (including phenoxy) is 2. The lowest BCUT2D eigenvalue weighted by Gasteiger charge is -2.18. The van der Waals surface area contributed by atoms with Crippen LogP contribution in [0, 0.1) is 20.8 Å². The summed E-state index contributed by atoms with van der Waals surface area (Å²) in [5, 5.41) is 2.71. The highest BCUT2D eigenvalue weighted by Gasteiger charge is 2.19. The van der Waals surface area contributed by atoms with Crippen molar-refractivity contribution in [2.45, 2.75) is 27.7 Å². The molecular formula is C42H38Br2N6O5. The van der Waals surface area contributed by atoms with E-state index in [0.717, 1.165) is 42.5 Å². The van der Waals surface area contributed by atoms with Gasteiger partial charge in [-0.05, 0) is 113 Å². The monoisotopic (exact) mass is 864 g/mol. The third-order valence-electron chi connectivity index (χ3n) is 8.68. The van der Waals surface area contributed by atoms with E-state index in [9.17, 15) is 14.4 Å². The lowest BCUT2D eigenvalue weighted by atomic mass is 10.0. The van der Waals surface area contributed by atoms with Gasteiger partial charge in [0.1, 0.15) is 22.8 Å². The number of nitrogens with two attached hydrogens (primary N) is 1. The maximum absolute atomic E-state index is 12.1. The molecule has 0 aliphatic rings. The number of aryl methyl sites for hydroxylation is 5. The second-order valence-electron chi connectivity index (χ2n) is 13.0. The van der Waals surface area contributed by atoms with Crippen LogP contribution in [0.5, 0.6) is 23.0 Å². The molecule has 0 aliphatic carbocycles. The first-order valence-electron chi connectivity index (χ1n) is 17.1. The average molecular weight is 867 g/mol. The number of carbonyl (C=O) groups is 1. The molecule has 0 saturated carbocycles. The van der Waals surface area contributed by atoms with E-state index in [0.29, 0.717) is 51.1 Å². The minimum atomic E-state index is -0.232. The van der Waals surface area contributed by atoms with Crippen LogP contribution in [0.2, 0.25) is 0 Å². The molecule has 7 aromatic rings. The summed E-state index contributed by atoms with van der Waals surface area (Å²) in [7, 11) is 3.45. The fraction of sp³-hybridized carbons (Fsp3) is 0.143. The van der Waals surface area contributed by atoms with Crippen LogP contribution in [0.1, 0.15) is 23.9 Å². The van der Waals surface area contributed by atoms with Gasteiger partial charge in [-0.2, -0.15) is 0 Å². The van der Waals surface area contributed by atoms with Crippen molar-refractivity contribution in [3.05, 3.63) is 144 Å². The third kappa shape index (κ3) is 8.43. The smallest absolute Gasteiger partial charge is 0.253 e. The van der Waals surface area contributed by atoms with Gasteiger partial charge in [0, 0.05) is 66.8 Å². The number of nitrogen functional groups attached to an aromatic ring is 1. The summed E-state index contributed by atoms with van der Waals surface area (Å²) < 4.78 is 17.2. The molecule has 0 radical (unpaired) electrons. The van der Waals surface area contributed by atoms with E-state index in [-0.39, 0.29) is 17.0 Å². The van der Waals surface area contributed by atoms with Crippen LogP contribution in [-0.4, -0.2) is 25.0 Å². The number of benzene rings is 4. The van der Waals surface area contributed by atoms with Gasteiger partial charge in [0.15, 0.2) is 11.5 Å². The number of carbonyl (C=O) groups excluding carboxylic acids is 1. The Kier molecular flexibility index (Phi) is 11.4. The van der Waals surface area contributed by atoms with Crippen molar-refractivity contribution in [3.8, 4) is 45.3 Å². The first-order valence-corrected chi connectivity index (χ1v) is 18.7. The molecule has 11 nitrogen and oxygen atoms in total. The largest absolute Gasteiger partial charge is 0.453 e. The minimum absolute atomic E-state index is 0.0104. The molecule has 0 fully saturated rings. The first-order chi connectivity index (χ1) is 26.2. The highest BCUT2D eigenvalue weighted by atomic mass is 79.9. The number of anilines is 2. The number of H-pyrrole nitrogens is 1. The van der Waals surface area contributed by atoms with Crippen LogP contribution < -0.4 is 31.6 Å². The van der Waals surface area contributed by atoms with Crippen LogP contribution in [-0.2, 0) is 18.9 Å². The van der Waals surface area contributed by atoms with Crippen LogP contribution in [0.25, 0.3) is 33.3 Å². The fourth-order valence-electron chi connectivity index (χ4n) is 6.06. The molecule has 55 heavy (non-hydrogen) atoms. The molecule has 0 saturated heterocycles. The number of hydrogen-bond acceptors (Lipinski definition) is 7. The van der Waals surface area contributed by atoms with Crippen molar-refractivity contribution in [1.29, 1.82) is 0 Å². The minimum Gasteiger partial charge on any atom is -0.453 e. The number of nitrogens with one attached hydrogen (secondary N) is 2. The lowest BCUT2D eigenvalue weighted by molar-refractivity contribution is -0.114. The van der Waals surface area contributed by atoms with E-state index in [1.165, 1.54) is 11.5 Å². The molecule has 0 unspecified atom stereocenters. The van der Waals surface area contributed by atoms with Gasteiger partial charge in [-0.25, -0.2) is 4.98 Å². The van der Waals surface area contributed by atoms with Crippen LogP contribution in [0.15, 0.2) is 116 Å². The van der Waals surface area contributed by atoms with E-state index in [1.54, 1.807) is 43.9 Å². The van der Waals surface area contributed by atoms with Gasteiger partial charge < -0.3 is 34.6 Å². The van der Waals surface area contributed by atoms with Crippen LogP contribution in [0.3, 0.4) is 0 Å². The van der Waals surface area contributed by atoms with Crippen molar-refractivity contribution in [1.82, 2.24) is 19.1 Å². The molecule has 13 heteroatoms. The van der Waals surface area contributed by atoms with E-state index in [1.807, 2.05) is 92.8 Å². The third-order valence-corrected chi connectivity index (χ3v) is 9.99. The number of fused-ring (bicyclic) bond motifs is 1. The van der Waals surface area contributed by atoms with E-state index < -0.39 is 0 Å². The summed E-state index contributed by atoms with van der Waals surface area (Å²) in [5.41, 5.74) is 13.2. The second kappa shape index (κ2) is 16.2. The summed E-state index contributed by atoms with van der Waals surface area (Å²) in [6.45, 7) is 6.91. The Bertz CT molecular complexity index is 2670. The Hall–Kier alpha value is -5.92. The zero-order valence-electron chi connectivity index (χ0n) is 31.0. The SMILES string of the molecule is CC(=O)Nc1ccc(-c2cc(C)c(=O)n(C)c2)c(Oc2ccccc2Br)c1N.Cc1nc2c(Oc3ccccc3Br)c(-c3cc(C)c(=O)n(C)c3)ccc2[nH]1. The van der Waals surface area contributed by atoms with Crippen LogP contribution >= 0.6 is 31.9 Å². The molecule has 0 aliphatic heterocycles. The van der Waals surface area contributed by atoms with E-state index in [2.05, 4.69) is 47.1 Å². The number of rotatable bonds is 7. The van der Waals surface area contributed by atoms with Gasteiger partial charge in [0.2, 0.25) is 5.91 Å². The summed E-state index contributed by atoms with van der Waals surface area (Å²) in [5.74, 6) is 2.92. The molecule has 1 amide bonds. The van der Waals surface area contributed by atoms with Gasteiger partial charge in [0.25, 0.3) is 11.1 Å². The second-order valence-corrected chi connectivity index (χ2v) is 14.7. The summed E-state index contributed by atoms with van der Waals surface area (Å²) in [6, 6.07) is 26.3. The Morgan fingerprint density at radius 1 is 0.745 bits per heavy atom. The number of halogens is 2. The summed E-state index contributed by atoms with van der Waals surface area (Å²) >= 11 is 7.01. The van der Waals surface area contributed by atoms with Gasteiger partial charge in [-0.3, -0.25) is 14.4 Å². The summed E-state index contributed by atoms with van der Waals surface area (Å²) in [4.78, 5) is 43.6. The molecule has 0 atom stereocenters. The van der Waals surface area contributed by atoms with Gasteiger partial charge in [-0.1, -0.05) is 24.3 Å².